The third-order valence-corrected chi connectivity index (χ3v) is 6.24. The number of H-pyrrole nitrogens is 1. The molecular weight excluding hydrogens is 308 g/mol. The second-order valence-corrected chi connectivity index (χ2v) is 6.86. The summed E-state index contributed by atoms with van der Waals surface area (Å²) < 4.78 is 0. The first-order valence-electron chi connectivity index (χ1n) is 6.36. The third-order valence-electron chi connectivity index (χ3n) is 3.83. The molecule has 3 rings (SSSR count). The van der Waals surface area contributed by atoms with Gasteiger partial charge in [-0.05, 0) is 42.9 Å². The number of hydrogen-bond acceptors (Lipinski definition) is 2. The number of benzene rings is 1. The lowest BCUT2D eigenvalue weighted by molar-refractivity contribution is 0.206. The summed E-state index contributed by atoms with van der Waals surface area (Å²) >= 11 is 5.52. The maximum absolute atomic E-state index is 4.64. The standard InChI is InChI=1S/C14H17BrN2S/c1-10-3-4-11-12(7-10)17-13(16-11)18-9-14(8-15)5-2-6-14/h3-4,7H,2,5-6,8-9H2,1H3,(H,16,17). The molecular formula is C14H17BrN2S. The van der Waals surface area contributed by atoms with Crippen LogP contribution in [0, 0.1) is 12.3 Å². The molecule has 0 saturated heterocycles. The highest BCUT2D eigenvalue weighted by molar-refractivity contribution is 9.09. The average molecular weight is 325 g/mol. The molecule has 2 nitrogen and oxygen atoms in total. The van der Waals surface area contributed by atoms with Crippen molar-refractivity contribution >= 4 is 38.7 Å². The molecule has 0 bridgehead atoms. The lowest BCUT2D eigenvalue weighted by atomic mass is 9.72. The Balaban J connectivity index is 1.74. The van der Waals surface area contributed by atoms with Gasteiger partial charge in [-0.15, -0.1) is 0 Å². The number of nitrogens with one attached hydrogen (secondary N) is 1. The summed E-state index contributed by atoms with van der Waals surface area (Å²) in [5.41, 5.74) is 4.02. The summed E-state index contributed by atoms with van der Waals surface area (Å²) in [5.74, 6) is 1.16. The second-order valence-electron chi connectivity index (χ2n) is 5.34. The Labute approximate surface area is 120 Å². The van der Waals surface area contributed by atoms with Gasteiger partial charge >= 0.3 is 0 Å². The van der Waals surface area contributed by atoms with Crippen molar-refractivity contribution in [2.45, 2.75) is 31.3 Å². The Hall–Kier alpha value is -0.480. The molecule has 0 amide bonds. The van der Waals surface area contributed by atoms with Crippen LogP contribution in [-0.4, -0.2) is 21.1 Å². The normalized spacial score (nSPS) is 17.9. The molecule has 1 heterocycles. The van der Waals surface area contributed by atoms with Gasteiger partial charge in [-0.1, -0.05) is 40.2 Å². The summed E-state index contributed by atoms with van der Waals surface area (Å²) in [6.45, 7) is 2.11. The smallest absolute Gasteiger partial charge is 0.166 e. The van der Waals surface area contributed by atoms with E-state index in [1.165, 1.54) is 24.8 Å². The zero-order chi connectivity index (χ0) is 12.6. The van der Waals surface area contributed by atoms with Gasteiger partial charge in [0.15, 0.2) is 5.16 Å². The van der Waals surface area contributed by atoms with Gasteiger partial charge in [-0.25, -0.2) is 4.98 Å². The highest BCUT2D eigenvalue weighted by atomic mass is 79.9. The number of aromatic amines is 1. The monoisotopic (exact) mass is 324 g/mol. The van der Waals surface area contributed by atoms with E-state index in [1.54, 1.807) is 0 Å². The van der Waals surface area contributed by atoms with E-state index in [1.807, 2.05) is 11.8 Å². The molecule has 4 heteroatoms. The SMILES string of the molecule is Cc1ccc2nc(SCC3(CBr)CCC3)[nH]c2c1. The second kappa shape index (κ2) is 4.89. The number of imidazole rings is 1. The average Bonchev–Trinajstić information content (AvgIpc) is 2.70. The molecule has 0 radical (unpaired) electrons. The number of hydrogen-bond donors (Lipinski definition) is 1. The number of alkyl halides is 1. The molecule has 1 N–H and O–H groups in total. The van der Waals surface area contributed by atoms with Crippen molar-refractivity contribution in [2.24, 2.45) is 5.41 Å². The minimum atomic E-state index is 0.513. The van der Waals surface area contributed by atoms with Crippen LogP contribution < -0.4 is 0 Å². The largest absolute Gasteiger partial charge is 0.333 e. The first-order chi connectivity index (χ1) is 8.71. The highest BCUT2D eigenvalue weighted by Crippen LogP contribution is 2.45. The fourth-order valence-electron chi connectivity index (χ4n) is 2.38. The van der Waals surface area contributed by atoms with Crippen LogP contribution in [0.4, 0.5) is 0 Å². The molecule has 1 aliphatic carbocycles. The van der Waals surface area contributed by atoms with Crippen LogP contribution in [0.25, 0.3) is 11.0 Å². The summed E-state index contributed by atoms with van der Waals surface area (Å²) in [7, 11) is 0. The van der Waals surface area contributed by atoms with Gasteiger partial charge in [0.05, 0.1) is 11.0 Å². The predicted octanol–water partition coefficient (Wildman–Crippen LogP) is 4.53. The molecule has 2 aromatic rings. The first-order valence-corrected chi connectivity index (χ1v) is 8.47. The van der Waals surface area contributed by atoms with Gasteiger partial charge < -0.3 is 4.98 Å². The van der Waals surface area contributed by atoms with E-state index in [0.717, 1.165) is 27.3 Å². The number of rotatable bonds is 4. The number of fused-ring (bicyclic) bond motifs is 1. The first kappa shape index (κ1) is 12.5. The van der Waals surface area contributed by atoms with Crippen LogP contribution in [-0.2, 0) is 0 Å². The van der Waals surface area contributed by atoms with Crippen LogP contribution in [0.5, 0.6) is 0 Å². The number of nitrogens with zero attached hydrogens (tertiary/aromatic N) is 1. The van der Waals surface area contributed by atoms with Crippen molar-refractivity contribution in [1.82, 2.24) is 9.97 Å². The minimum absolute atomic E-state index is 0.513. The minimum Gasteiger partial charge on any atom is -0.333 e. The predicted molar refractivity (Wildman–Crippen MR) is 81.6 cm³/mol. The topological polar surface area (TPSA) is 28.7 Å². The van der Waals surface area contributed by atoms with Crippen molar-refractivity contribution < 1.29 is 0 Å². The van der Waals surface area contributed by atoms with E-state index in [0.29, 0.717) is 5.41 Å². The fraction of sp³-hybridized carbons (Fsp3) is 0.500. The van der Waals surface area contributed by atoms with Gasteiger partial charge in [0, 0.05) is 11.1 Å². The van der Waals surface area contributed by atoms with Gasteiger partial charge in [-0.2, -0.15) is 0 Å². The van der Waals surface area contributed by atoms with E-state index in [4.69, 9.17) is 0 Å². The molecule has 0 aliphatic heterocycles. The summed E-state index contributed by atoms with van der Waals surface area (Å²) in [4.78, 5) is 8.06. The van der Waals surface area contributed by atoms with Crippen molar-refractivity contribution in [3.05, 3.63) is 23.8 Å². The van der Waals surface area contributed by atoms with Crippen LogP contribution in [0.2, 0.25) is 0 Å². The molecule has 1 aromatic carbocycles. The Morgan fingerprint density at radius 2 is 2.28 bits per heavy atom. The Kier molecular flexibility index (Phi) is 3.41. The molecule has 1 saturated carbocycles. The summed E-state index contributed by atoms with van der Waals surface area (Å²) in [6, 6.07) is 6.37. The lowest BCUT2D eigenvalue weighted by Gasteiger charge is -2.40. The van der Waals surface area contributed by atoms with Crippen molar-refractivity contribution in [3.8, 4) is 0 Å². The maximum atomic E-state index is 4.64. The fourth-order valence-corrected chi connectivity index (χ4v) is 4.58. The highest BCUT2D eigenvalue weighted by Gasteiger charge is 2.35. The molecule has 18 heavy (non-hydrogen) atoms. The van der Waals surface area contributed by atoms with E-state index < -0.39 is 0 Å². The van der Waals surface area contributed by atoms with E-state index in [-0.39, 0.29) is 0 Å². The molecule has 1 aliphatic rings. The zero-order valence-corrected chi connectivity index (χ0v) is 12.9. The number of thioether (sulfide) groups is 1. The summed E-state index contributed by atoms with van der Waals surface area (Å²) in [5, 5.41) is 2.18. The third kappa shape index (κ3) is 2.32. The maximum Gasteiger partial charge on any atom is 0.166 e. The Morgan fingerprint density at radius 1 is 1.44 bits per heavy atom. The van der Waals surface area contributed by atoms with Gasteiger partial charge in [0.2, 0.25) is 0 Å². The van der Waals surface area contributed by atoms with Crippen LogP contribution in [0.3, 0.4) is 0 Å². The molecule has 96 valence electrons. The van der Waals surface area contributed by atoms with Crippen LogP contribution >= 0.6 is 27.7 Å². The van der Waals surface area contributed by atoms with Gasteiger partial charge in [0.25, 0.3) is 0 Å². The van der Waals surface area contributed by atoms with E-state index >= 15 is 0 Å². The molecule has 0 unspecified atom stereocenters. The Morgan fingerprint density at radius 3 is 2.94 bits per heavy atom. The molecule has 0 spiro atoms. The van der Waals surface area contributed by atoms with Crippen molar-refractivity contribution in [3.63, 3.8) is 0 Å². The van der Waals surface area contributed by atoms with Crippen LogP contribution in [0.15, 0.2) is 23.4 Å². The van der Waals surface area contributed by atoms with E-state index in [9.17, 15) is 0 Å². The lowest BCUT2D eigenvalue weighted by Crippen LogP contribution is -2.33. The number of halogens is 1. The van der Waals surface area contributed by atoms with Crippen molar-refractivity contribution in [1.29, 1.82) is 0 Å². The van der Waals surface area contributed by atoms with Gasteiger partial charge in [0.1, 0.15) is 0 Å². The number of aromatic nitrogens is 2. The molecule has 0 atom stereocenters. The van der Waals surface area contributed by atoms with Crippen LogP contribution in [0.1, 0.15) is 24.8 Å². The summed E-state index contributed by atoms with van der Waals surface area (Å²) in [6.07, 6.45) is 4.08. The zero-order valence-electron chi connectivity index (χ0n) is 10.5. The number of aryl methyl sites for hydroxylation is 1. The molecule has 1 aromatic heterocycles. The van der Waals surface area contributed by atoms with Gasteiger partial charge in [-0.3, -0.25) is 0 Å². The van der Waals surface area contributed by atoms with Crippen molar-refractivity contribution in [2.75, 3.05) is 11.1 Å². The Bertz CT molecular complexity index is 554. The van der Waals surface area contributed by atoms with E-state index in [2.05, 4.69) is 51.0 Å². The quantitative estimate of drug-likeness (QED) is 0.661. The molecule has 1 fully saturated rings.